The Bertz CT molecular complexity index is 246. The van der Waals surface area contributed by atoms with Crippen molar-refractivity contribution in [3.63, 3.8) is 0 Å². The molecule has 1 aliphatic heterocycles. The van der Waals surface area contributed by atoms with E-state index in [0.29, 0.717) is 0 Å². The number of nitrogens with one attached hydrogen (secondary N) is 1. The lowest BCUT2D eigenvalue weighted by molar-refractivity contribution is 0.220. The number of aliphatic hydroxyl groups is 1. The highest BCUT2D eigenvalue weighted by Gasteiger charge is 2.17. The van der Waals surface area contributed by atoms with E-state index in [9.17, 15) is 0 Å². The minimum Gasteiger partial charge on any atom is -0.394 e. The third-order valence-electron chi connectivity index (χ3n) is 2.03. The van der Waals surface area contributed by atoms with Gasteiger partial charge in [-0.05, 0) is 6.42 Å². The first-order valence-corrected chi connectivity index (χ1v) is 3.79. The van der Waals surface area contributed by atoms with Gasteiger partial charge >= 0.3 is 0 Å². The molecule has 0 saturated carbocycles. The molecule has 4 nitrogen and oxygen atoms in total. The van der Waals surface area contributed by atoms with Crippen molar-refractivity contribution >= 4 is 5.95 Å². The first-order chi connectivity index (χ1) is 5.42. The highest BCUT2D eigenvalue weighted by Crippen LogP contribution is 2.20. The molecule has 0 aliphatic carbocycles. The van der Waals surface area contributed by atoms with Gasteiger partial charge in [0.15, 0.2) is 0 Å². The first-order valence-electron chi connectivity index (χ1n) is 3.79. The molecule has 0 radical (unpaired) electrons. The van der Waals surface area contributed by atoms with Crippen LogP contribution in [0.2, 0.25) is 0 Å². The molecule has 0 amide bonds. The second-order valence-corrected chi connectivity index (χ2v) is 2.71. The van der Waals surface area contributed by atoms with Crippen molar-refractivity contribution < 1.29 is 5.11 Å². The number of rotatable bonds is 1. The maximum Gasteiger partial charge on any atom is 0.203 e. The molecule has 1 aromatic rings. The maximum atomic E-state index is 8.98. The average molecular weight is 153 g/mol. The van der Waals surface area contributed by atoms with Crippen molar-refractivity contribution in [3.05, 3.63) is 12.4 Å². The number of aliphatic hydroxyl groups excluding tert-OH is 1. The van der Waals surface area contributed by atoms with Crippen LogP contribution in [0.25, 0.3) is 0 Å². The van der Waals surface area contributed by atoms with Gasteiger partial charge in [0.1, 0.15) is 0 Å². The lowest BCUT2D eigenvalue weighted by Gasteiger charge is -2.23. The molecule has 2 N–H and O–H groups in total. The van der Waals surface area contributed by atoms with Gasteiger partial charge in [-0.1, -0.05) is 0 Å². The van der Waals surface area contributed by atoms with Crippen LogP contribution < -0.4 is 5.32 Å². The zero-order chi connectivity index (χ0) is 7.68. The van der Waals surface area contributed by atoms with Gasteiger partial charge < -0.3 is 15.0 Å². The van der Waals surface area contributed by atoms with Crippen molar-refractivity contribution in [2.24, 2.45) is 0 Å². The summed E-state index contributed by atoms with van der Waals surface area (Å²) in [6, 6.07) is 0.216. The molecule has 0 spiro atoms. The molecule has 0 aromatic carbocycles. The van der Waals surface area contributed by atoms with Crippen molar-refractivity contribution in [2.75, 3.05) is 18.5 Å². The first kappa shape index (κ1) is 6.67. The molecular weight excluding hydrogens is 142 g/mol. The van der Waals surface area contributed by atoms with E-state index in [1.807, 2.05) is 10.8 Å². The standard InChI is InChI=1S/C7H11N3O/c11-5-6-1-2-8-7-9-3-4-10(6)7/h3-4,6,11H,1-2,5H2,(H,8,9). The molecule has 1 aromatic heterocycles. The van der Waals surface area contributed by atoms with E-state index in [0.717, 1.165) is 18.9 Å². The highest BCUT2D eigenvalue weighted by molar-refractivity contribution is 5.28. The van der Waals surface area contributed by atoms with Gasteiger partial charge in [-0.2, -0.15) is 0 Å². The zero-order valence-corrected chi connectivity index (χ0v) is 6.20. The van der Waals surface area contributed by atoms with Crippen molar-refractivity contribution in [3.8, 4) is 0 Å². The summed E-state index contributed by atoms with van der Waals surface area (Å²) in [5.41, 5.74) is 0. The third-order valence-corrected chi connectivity index (χ3v) is 2.03. The fraction of sp³-hybridized carbons (Fsp3) is 0.571. The van der Waals surface area contributed by atoms with Gasteiger partial charge in [0.2, 0.25) is 5.95 Å². The van der Waals surface area contributed by atoms with Gasteiger partial charge in [0.25, 0.3) is 0 Å². The summed E-state index contributed by atoms with van der Waals surface area (Å²) in [5.74, 6) is 0.871. The fourth-order valence-corrected chi connectivity index (χ4v) is 1.41. The Morgan fingerprint density at radius 2 is 2.73 bits per heavy atom. The van der Waals surface area contributed by atoms with Crippen molar-refractivity contribution in [1.82, 2.24) is 9.55 Å². The van der Waals surface area contributed by atoms with Crippen LogP contribution in [0.4, 0.5) is 5.95 Å². The maximum absolute atomic E-state index is 8.98. The Labute approximate surface area is 64.9 Å². The number of hydrogen-bond donors (Lipinski definition) is 2. The lowest BCUT2D eigenvalue weighted by Crippen LogP contribution is -2.24. The summed E-state index contributed by atoms with van der Waals surface area (Å²) in [7, 11) is 0. The Hall–Kier alpha value is -1.03. The number of anilines is 1. The number of aromatic nitrogens is 2. The quantitative estimate of drug-likeness (QED) is 0.607. The summed E-state index contributed by atoms with van der Waals surface area (Å²) in [6.45, 7) is 1.10. The number of imidazole rings is 1. The van der Waals surface area contributed by atoms with E-state index in [-0.39, 0.29) is 12.6 Å². The smallest absolute Gasteiger partial charge is 0.203 e. The summed E-state index contributed by atoms with van der Waals surface area (Å²) >= 11 is 0. The van der Waals surface area contributed by atoms with Gasteiger partial charge in [-0.3, -0.25) is 0 Å². The van der Waals surface area contributed by atoms with E-state index in [1.54, 1.807) is 6.20 Å². The normalized spacial score (nSPS) is 22.5. The summed E-state index contributed by atoms with van der Waals surface area (Å²) in [6.07, 6.45) is 4.61. The van der Waals surface area contributed by atoms with E-state index in [2.05, 4.69) is 10.3 Å². The monoisotopic (exact) mass is 153 g/mol. The Morgan fingerprint density at radius 3 is 3.55 bits per heavy atom. The van der Waals surface area contributed by atoms with Crippen LogP contribution in [-0.4, -0.2) is 27.8 Å². The van der Waals surface area contributed by atoms with Crippen LogP contribution in [-0.2, 0) is 0 Å². The van der Waals surface area contributed by atoms with Gasteiger partial charge in [-0.15, -0.1) is 0 Å². The number of fused-ring (bicyclic) bond motifs is 1. The predicted octanol–water partition coefficient (Wildman–Crippen LogP) is 0.232. The minimum atomic E-state index is 0.199. The van der Waals surface area contributed by atoms with Crippen molar-refractivity contribution in [1.29, 1.82) is 0 Å². The molecule has 1 atom stereocenters. The van der Waals surface area contributed by atoms with E-state index in [1.165, 1.54) is 0 Å². The SMILES string of the molecule is OCC1CCNc2nccn21. The van der Waals surface area contributed by atoms with Crippen molar-refractivity contribution in [2.45, 2.75) is 12.5 Å². The van der Waals surface area contributed by atoms with Crippen LogP contribution in [0.15, 0.2) is 12.4 Å². The Morgan fingerprint density at radius 1 is 1.82 bits per heavy atom. The number of hydrogen-bond acceptors (Lipinski definition) is 3. The largest absolute Gasteiger partial charge is 0.394 e. The van der Waals surface area contributed by atoms with Crippen LogP contribution in [0.5, 0.6) is 0 Å². The van der Waals surface area contributed by atoms with E-state index in [4.69, 9.17) is 5.11 Å². The van der Waals surface area contributed by atoms with Gasteiger partial charge in [0.05, 0.1) is 12.6 Å². The molecule has 4 heteroatoms. The van der Waals surface area contributed by atoms with Crippen LogP contribution in [0.1, 0.15) is 12.5 Å². The molecule has 2 rings (SSSR count). The van der Waals surface area contributed by atoms with Gasteiger partial charge in [-0.25, -0.2) is 4.98 Å². The van der Waals surface area contributed by atoms with E-state index >= 15 is 0 Å². The van der Waals surface area contributed by atoms with Gasteiger partial charge in [0, 0.05) is 18.9 Å². The van der Waals surface area contributed by atoms with E-state index < -0.39 is 0 Å². The second-order valence-electron chi connectivity index (χ2n) is 2.71. The summed E-state index contributed by atoms with van der Waals surface area (Å²) in [5, 5.41) is 12.1. The lowest BCUT2D eigenvalue weighted by atomic mass is 10.2. The van der Waals surface area contributed by atoms with Crippen LogP contribution in [0.3, 0.4) is 0 Å². The molecule has 11 heavy (non-hydrogen) atoms. The Kier molecular flexibility index (Phi) is 1.54. The molecule has 1 unspecified atom stereocenters. The molecule has 0 bridgehead atoms. The molecule has 0 fully saturated rings. The predicted molar refractivity (Wildman–Crippen MR) is 41.5 cm³/mol. The molecule has 1 aliphatic rings. The fourth-order valence-electron chi connectivity index (χ4n) is 1.41. The topological polar surface area (TPSA) is 50.1 Å². The highest BCUT2D eigenvalue weighted by atomic mass is 16.3. The molecule has 0 saturated heterocycles. The average Bonchev–Trinajstić information content (AvgIpc) is 2.50. The van der Waals surface area contributed by atoms with Crippen LogP contribution >= 0.6 is 0 Å². The minimum absolute atomic E-state index is 0.199. The molecule has 60 valence electrons. The summed E-state index contributed by atoms with van der Waals surface area (Å²) in [4.78, 5) is 4.10. The Balaban J connectivity index is 2.32. The number of nitrogens with zero attached hydrogens (tertiary/aromatic N) is 2. The van der Waals surface area contributed by atoms with Crippen LogP contribution in [0, 0.1) is 0 Å². The summed E-state index contributed by atoms with van der Waals surface area (Å²) < 4.78 is 1.98. The second kappa shape index (κ2) is 2.54. The zero-order valence-electron chi connectivity index (χ0n) is 6.20. The molecule has 2 heterocycles. The third kappa shape index (κ3) is 0.991. The molecular formula is C7H11N3O.